The number of hydrogen-bond acceptors (Lipinski definition) is 11. The molecule has 0 aliphatic carbocycles. The minimum absolute atomic E-state index is 0.0645. The molecule has 6 aromatic rings. The molecule has 59 heavy (non-hydrogen) atoms. The highest BCUT2D eigenvalue weighted by Crippen LogP contribution is 2.39. The van der Waals surface area contributed by atoms with Crippen LogP contribution in [0.15, 0.2) is 54.7 Å². The number of aromatic nitrogens is 7. The maximum atomic E-state index is 15.6. The summed E-state index contributed by atoms with van der Waals surface area (Å²) in [7, 11) is 3.31. The van der Waals surface area contributed by atoms with Crippen molar-refractivity contribution in [1.82, 2.24) is 44.1 Å². The van der Waals surface area contributed by atoms with Gasteiger partial charge in [0.25, 0.3) is 5.92 Å². The number of nitrogens with one attached hydrogen (secondary N) is 1. The summed E-state index contributed by atoms with van der Waals surface area (Å²) in [4.78, 5) is 39.4. The van der Waals surface area contributed by atoms with Crippen molar-refractivity contribution in [3.63, 3.8) is 0 Å². The van der Waals surface area contributed by atoms with Gasteiger partial charge in [0.2, 0.25) is 5.91 Å². The number of imidazole rings is 1. The van der Waals surface area contributed by atoms with Crippen LogP contribution in [-0.2, 0) is 22.5 Å². The Kier molecular flexibility index (Phi) is 8.97. The zero-order valence-electron chi connectivity index (χ0n) is 32.6. The van der Waals surface area contributed by atoms with Crippen LogP contribution in [0, 0.1) is 24.5 Å². The summed E-state index contributed by atoms with van der Waals surface area (Å²) in [6.45, 7) is 2.58. The second-order valence-electron chi connectivity index (χ2n) is 15.9. The topological polar surface area (TPSA) is 132 Å². The van der Waals surface area contributed by atoms with Crippen LogP contribution in [0.1, 0.15) is 18.1 Å². The number of anilines is 2. The molecule has 1 unspecified atom stereocenters. The molecule has 8 bridgehead atoms. The fraction of sp³-hybridized carbons (Fsp3) is 0.415. The number of carbonyl (C=O) groups is 1. The molecule has 0 spiro atoms. The number of pyridine rings is 1. The van der Waals surface area contributed by atoms with Gasteiger partial charge < -0.3 is 29.2 Å². The third kappa shape index (κ3) is 6.57. The van der Waals surface area contributed by atoms with Crippen LogP contribution in [0.2, 0.25) is 0 Å². The molecule has 2 fully saturated rings. The summed E-state index contributed by atoms with van der Waals surface area (Å²) in [5.41, 5.74) is 3.02. The van der Waals surface area contributed by atoms with Gasteiger partial charge in [0.1, 0.15) is 59.0 Å². The van der Waals surface area contributed by atoms with Crippen molar-refractivity contribution in [1.29, 1.82) is 0 Å². The molecule has 0 saturated carbocycles. The average Bonchev–Trinajstić information content (AvgIpc) is 3.96. The highest BCUT2D eigenvalue weighted by Gasteiger charge is 2.48. The lowest BCUT2D eigenvalue weighted by molar-refractivity contribution is -0.132. The van der Waals surface area contributed by atoms with E-state index in [4.69, 9.17) is 24.4 Å². The quantitative estimate of drug-likeness (QED) is 0.241. The first-order valence-corrected chi connectivity index (χ1v) is 19.6. The lowest BCUT2D eigenvalue weighted by Gasteiger charge is -2.31. The highest BCUT2D eigenvalue weighted by atomic mass is 19.3. The van der Waals surface area contributed by atoms with Gasteiger partial charge in [0.05, 0.1) is 47.5 Å². The van der Waals surface area contributed by atoms with Crippen molar-refractivity contribution in [2.75, 3.05) is 63.7 Å². The van der Waals surface area contributed by atoms with Gasteiger partial charge in [-0.2, -0.15) is 5.10 Å². The summed E-state index contributed by atoms with van der Waals surface area (Å²) in [6.07, 6.45) is 1.30. The van der Waals surface area contributed by atoms with E-state index >= 15 is 13.2 Å². The number of ether oxygens (including phenoxy) is 2. The van der Waals surface area contributed by atoms with Gasteiger partial charge in [-0.15, -0.1) is 0 Å². The Labute approximate surface area is 335 Å². The van der Waals surface area contributed by atoms with Crippen molar-refractivity contribution >= 4 is 39.6 Å². The summed E-state index contributed by atoms with van der Waals surface area (Å²) in [6, 6.07) is 11.3. The minimum Gasteiger partial charge on any atom is -0.490 e. The van der Waals surface area contributed by atoms with Gasteiger partial charge in [-0.1, -0.05) is 6.07 Å². The first-order valence-electron chi connectivity index (χ1n) is 19.6. The average molecular weight is 812 g/mol. The zero-order valence-corrected chi connectivity index (χ0v) is 32.6. The maximum Gasteiger partial charge on any atom is 0.264 e. The SMILES string of the molecule is CO[C@H]1CN(C)C(=O)[C@@H]2C[C@@H](CN2c2nc3nc4c2cnn4-c2ccc(F)cc2OCCN2C[C@@H](C3)C(F)(F)C2)Nc2cccc(n2)-c2cc(F)cc3nc(C)n(c23)C1. The Morgan fingerprint density at radius 3 is 2.69 bits per heavy atom. The molecule has 4 aliphatic heterocycles. The van der Waals surface area contributed by atoms with Crippen LogP contribution in [0.25, 0.3) is 39.0 Å². The molecule has 18 heteroatoms. The molecule has 2 saturated heterocycles. The van der Waals surface area contributed by atoms with Crippen molar-refractivity contribution in [2.24, 2.45) is 5.92 Å². The van der Waals surface area contributed by atoms with Crippen LogP contribution in [-0.4, -0.2) is 128 Å². The predicted molar refractivity (Wildman–Crippen MR) is 210 cm³/mol. The first-order chi connectivity index (χ1) is 28.4. The van der Waals surface area contributed by atoms with Gasteiger partial charge in [-0.25, -0.2) is 42.2 Å². The molecule has 0 radical (unpaired) electrons. The highest BCUT2D eigenvalue weighted by molar-refractivity contribution is 5.94. The van der Waals surface area contributed by atoms with E-state index in [1.165, 1.54) is 28.9 Å². The van der Waals surface area contributed by atoms with E-state index in [-0.39, 0.29) is 62.7 Å². The van der Waals surface area contributed by atoms with Crippen LogP contribution in [0.4, 0.5) is 29.2 Å². The monoisotopic (exact) mass is 811 g/mol. The Morgan fingerprint density at radius 1 is 0.983 bits per heavy atom. The lowest BCUT2D eigenvalue weighted by Crippen LogP contribution is -2.47. The Hall–Kier alpha value is -5.88. The molecule has 2 aromatic carbocycles. The van der Waals surface area contributed by atoms with Crippen molar-refractivity contribution in [3.05, 3.63) is 78.0 Å². The summed E-state index contributed by atoms with van der Waals surface area (Å²) in [5, 5.41) is 8.66. The number of methoxy groups -OCH3 is 1. The molecule has 306 valence electrons. The van der Waals surface area contributed by atoms with E-state index in [2.05, 4.69) is 15.4 Å². The molecule has 1 N–H and O–H groups in total. The normalized spacial score (nSPS) is 24.2. The van der Waals surface area contributed by atoms with E-state index in [0.717, 1.165) is 0 Å². The third-order valence-corrected chi connectivity index (χ3v) is 12.0. The van der Waals surface area contributed by atoms with Crippen LogP contribution in [0.3, 0.4) is 0 Å². The number of aryl methyl sites for hydroxylation is 1. The Morgan fingerprint density at radius 2 is 1.85 bits per heavy atom. The van der Waals surface area contributed by atoms with Crippen molar-refractivity contribution in [3.8, 4) is 22.7 Å². The number of halogens is 4. The summed E-state index contributed by atoms with van der Waals surface area (Å²) >= 11 is 0. The number of likely N-dealkylation sites (N-methyl/N-ethyl adjacent to an activating group) is 1. The number of alkyl halides is 2. The maximum absolute atomic E-state index is 15.6. The summed E-state index contributed by atoms with van der Waals surface area (Å²) < 4.78 is 76.4. The van der Waals surface area contributed by atoms with E-state index in [1.54, 1.807) is 36.2 Å². The van der Waals surface area contributed by atoms with Crippen LogP contribution in [0.5, 0.6) is 5.75 Å². The van der Waals surface area contributed by atoms with E-state index < -0.39 is 42.2 Å². The molecule has 8 heterocycles. The molecule has 1 amide bonds. The van der Waals surface area contributed by atoms with Crippen molar-refractivity contribution < 1.29 is 31.8 Å². The molecule has 4 aliphatic rings. The second kappa shape index (κ2) is 14.1. The van der Waals surface area contributed by atoms with Crippen molar-refractivity contribution in [2.45, 2.75) is 50.4 Å². The molecular weight excluding hydrogens is 771 g/mol. The number of hydrogen-bond donors (Lipinski definition) is 1. The third-order valence-electron chi connectivity index (χ3n) is 12.0. The van der Waals surface area contributed by atoms with Gasteiger partial charge in [-0.3, -0.25) is 9.69 Å². The smallest absolute Gasteiger partial charge is 0.264 e. The molecule has 10 rings (SSSR count). The van der Waals surface area contributed by atoms with Gasteiger partial charge >= 0.3 is 0 Å². The summed E-state index contributed by atoms with van der Waals surface area (Å²) in [5.74, 6) is -3.39. The standard InChI is InChI=1S/C41H41F4N11O3/c1-22-47-31-13-25(43)12-28-30-5-4-6-35(49-30)48-26-15-33(40(57)52(2)19-27(58-3)20-54(22)37(28)31)55(18-26)38-29-16-46-56-32-8-7-24(42)14-34(32)59-10-9-53-17-23(41(44,45)21-53)11-36(50-38)51-39(29)56/h4-8,12-14,16,23,26-27,33H,9-11,15,17-21H2,1-3H3,(H,48,49)/t23-,26+,27+,33+/m1/s1. The number of amides is 1. The number of fused-ring (bicyclic) bond motifs is 10. The fourth-order valence-electron chi connectivity index (χ4n) is 9.14. The number of benzene rings is 2. The van der Waals surface area contributed by atoms with E-state index in [9.17, 15) is 9.18 Å². The number of carbonyl (C=O) groups excluding carboxylic acids is 1. The molecular formula is C41H41F4N11O3. The Bertz CT molecular complexity index is 2630. The van der Waals surface area contributed by atoms with Gasteiger partial charge in [0.15, 0.2) is 5.65 Å². The zero-order chi connectivity index (χ0) is 40.7. The van der Waals surface area contributed by atoms with Gasteiger partial charge in [0, 0.05) is 76.4 Å². The largest absolute Gasteiger partial charge is 0.490 e. The lowest BCUT2D eigenvalue weighted by atomic mass is 10.0. The minimum atomic E-state index is -3.02. The molecule has 5 atom stereocenters. The molecule has 4 aromatic heterocycles. The molecule has 14 nitrogen and oxygen atoms in total. The first kappa shape index (κ1) is 37.4. The Balaban J connectivity index is 1.11. The fourth-order valence-corrected chi connectivity index (χ4v) is 9.14. The van der Waals surface area contributed by atoms with E-state index in [1.807, 2.05) is 34.6 Å². The van der Waals surface area contributed by atoms with Crippen LogP contribution >= 0.6 is 0 Å². The van der Waals surface area contributed by atoms with Crippen LogP contribution < -0.4 is 15.0 Å². The van der Waals surface area contributed by atoms with E-state index in [0.29, 0.717) is 69.4 Å². The second-order valence-corrected chi connectivity index (χ2v) is 15.9. The van der Waals surface area contributed by atoms with Gasteiger partial charge in [-0.05, 0) is 43.7 Å². The predicted octanol–water partition coefficient (Wildman–Crippen LogP) is 4.86. The number of nitrogens with zero attached hydrogens (tertiary/aromatic N) is 10. The number of rotatable bonds is 2.